The largest absolute Gasteiger partial charge is 0.362 e. The van der Waals surface area contributed by atoms with E-state index in [1.807, 2.05) is 36.4 Å². The van der Waals surface area contributed by atoms with Crippen molar-refractivity contribution in [2.45, 2.75) is 32.7 Å². The van der Waals surface area contributed by atoms with Crippen molar-refractivity contribution in [2.75, 3.05) is 10.6 Å². The predicted octanol–water partition coefficient (Wildman–Crippen LogP) is 4.91. The predicted molar refractivity (Wildman–Crippen MR) is 102 cm³/mol. The Morgan fingerprint density at radius 3 is 2.36 bits per heavy atom. The summed E-state index contributed by atoms with van der Waals surface area (Å²) in [6.45, 7) is 6.43. The zero-order chi connectivity index (χ0) is 17.6. The van der Waals surface area contributed by atoms with Gasteiger partial charge < -0.3 is 10.6 Å². The van der Waals surface area contributed by atoms with Crippen molar-refractivity contribution in [1.29, 1.82) is 0 Å². The molecule has 0 saturated heterocycles. The summed E-state index contributed by atoms with van der Waals surface area (Å²) in [5.41, 5.74) is 3.43. The highest BCUT2D eigenvalue weighted by Gasteiger charge is 2.10. The van der Waals surface area contributed by atoms with Crippen LogP contribution < -0.4 is 10.6 Å². The molecule has 2 aromatic carbocycles. The minimum Gasteiger partial charge on any atom is -0.362 e. The lowest BCUT2D eigenvalue weighted by molar-refractivity contribution is 0.857. The molecule has 1 unspecified atom stereocenters. The second-order valence-electron chi connectivity index (χ2n) is 6.31. The van der Waals surface area contributed by atoms with E-state index >= 15 is 0 Å². The Labute approximate surface area is 148 Å². The number of aromatic nitrogens is 3. The van der Waals surface area contributed by atoms with E-state index in [-0.39, 0.29) is 6.04 Å². The van der Waals surface area contributed by atoms with Gasteiger partial charge in [-0.25, -0.2) is 0 Å². The molecule has 2 N–H and O–H groups in total. The summed E-state index contributed by atoms with van der Waals surface area (Å²) in [6.07, 6.45) is 1.64. The van der Waals surface area contributed by atoms with Crippen LogP contribution >= 0.6 is 0 Å². The van der Waals surface area contributed by atoms with E-state index in [2.05, 4.69) is 64.8 Å². The minimum atomic E-state index is 0.133. The average Bonchev–Trinajstić information content (AvgIpc) is 2.63. The molecule has 0 radical (unpaired) electrons. The molecule has 5 nitrogen and oxygen atoms in total. The Hall–Kier alpha value is -2.95. The Balaban J connectivity index is 1.76. The van der Waals surface area contributed by atoms with Crippen molar-refractivity contribution in [3.63, 3.8) is 0 Å². The summed E-state index contributed by atoms with van der Waals surface area (Å²) in [5, 5.41) is 14.8. The molecular weight excluding hydrogens is 310 g/mol. The van der Waals surface area contributed by atoms with Crippen LogP contribution in [0.1, 0.15) is 43.9 Å². The van der Waals surface area contributed by atoms with Crippen molar-refractivity contribution >= 4 is 17.5 Å². The molecule has 5 heteroatoms. The van der Waals surface area contributed by atoms with Gasteiger partial charge in [0.1, 0.15) is 0 Å². The van der Waals surface area contributed by atoms with Gasteiger partial charge in [-0.1, -0.05) is 62.4 Å². The number of para-hydroxylation sites is 1. The molecule has 0 fully saturated rings. The lowest BCUT2D eigenvalue weighted by Crippen LogP contribution is -2.10. The second kappa shape index (κ2) is 7.75. The van der Waals surface area contributed by atoms with Crippen molar-refractivity contribution in [2.24, 2.45) is 0 Å². The van der Waals surface area contributed by atoms with E-state index in [4.69, 9.17) is 0 Å². The minimum absolute atomic E-state index is 0.133. The fraction of sp³-hybridized carbons (Fsp3) is 0.250. The van der Waals surface area contributed by atoms with Gasteiger partial charge >= 0.3 is 0 Å². The van der Waals surface area contributed by atoms with Gasteiger partial charge in [0.15, 0.2) is 5.82 Å². The van der Waals surface area contributed by atoms with Crippen molar-refractivity contribution in [1.82, 2.24) is 15.2 Å². The number of nitrogens with zero attached hydrogens (tertiary/aromatic N) is 3. The third kappa shape index (κ3) is 4.32. The van der Waals surface area contributed by atoms with Crippen molar-refractivity contribution < 1.29 is 0 Å². The van der Waals surface area contributed by atoms with Crippen LogP contribution in [0.3, 0.4) is 0 Å². The van der Waals surface area contributed by atoms with E-state index in [9.17, 15) is 0 Å². The Morgan fingerprint density at radius 1 is 0.880 bits per heavy atom. The molecule has 128 valence electrons. The first-order valence-electron chi connectivity index (χ1n) is 8.50. The molecule has 3 aromatic rings. The van der Waals surface area contributed by atoms with Crippen LogP contribution in [0.2, 0.25) is 0 Å². The Bertz CT molecular complexity index is 817. The van der Waals surface area contributed by atoms with Crippen LogP contribution in [0.4, 0.5) is 17.5 Å². The molecule has 1 heterocycles. The third-order valence-electron chi connectivity index (χ3n) is 4.05. The maximum Gasteiger partial charge on any atom is 0.249 e. The molecule has 0 aliphatic heterocycles. The van der Waals surface area contributed by atoms with Crippen LogP contribution in [0.15, 0.2) is 60.8 Å². The molecule has 0 aliphatic rings. The fourth-order valence-corrected chi connectivity index (χ4v) is 2.71. The maximum absolute atomic E-state index is 4.54. The van der Waals surface area contributed by atoms with Gasteiger partial charge in [0.2, 0.25) is 5.95 Å². The van der Waals surface area contributed by atoms with Gasteiger partial charge in [-0.15, -0.1) is 5.10 Å². The molecule has 0 saturated carbocycles. The van der Waals surface area contributed by atoms with Gasteiger partial charge in [0.05, 0.1) is 6.20 Å². The second-order valence-corrected chi connectivity index (χ2v) is 6.31. The van der Waals surface area contributed by atoms with E-state index in [0.717, 1.165) is 5.69 Å². The van der Waals surface area contributed by atoms with Crippen molar-refractivity contribution in [3.05, 3.63) is 71.9 Å². The van der Waals surface area contributed by atoms with Crippen LogP contribution in [0, 0.1) is 0 Å². The zero-order valence-corrected chi connectivity index (χ0v) is 14.8. The first kappa shape index (κ1) is 16.9. The monoisotopic (exact) mass is 333 g/mol. The SMILES string of the molecule is CC(C)c1ccccc1Nc1nncc(NC(C)c2ccccc2)n1. The number of hydrogen-bond acceptors (Lipinski definition) is 5. The highest BCUT2D eigenvalue weighted by Crippen LogP contribution is 2.26. The topological polar surface area (TPSA) is 62.7 Å². The summed E-state index contributed by atoms with van der Waals surface area (Å²) in [6, 6.07) is 18.6. The summed E-state index contributed by atoms with van der Waals surface area (Å²) in [7, 11) is 0. The van der Waals surface area contributed by atoms with Gasteiger partial charge in [0.25, 0.3) is 0 Å². The van der Waals surface area contributed by atoms with Gasteiger partial charge in [-0.05, 0) is 30.0 Å². The number of anilines is 3. The molecule has 0 amide bonds. The first-order chi connectivity index (χ1) is 12.1. The van der Waals surface area contributed by atoms with Crippen LogP contribution in [-0.2, 0) is 0 Å². The molecule has 0 aliphatic carbocycles. The summed E-state index contributed by atoms with van der Waals surface area (Å²) >= 11 is 0. The molecule has 1 atom stereocenters. The van der Waals surface area contributed by atoms with E-state index < -0.39 is 0 Å². The fourth-order valence-electron chi connectivity index (χ4n) is 2.71. The highest BCUT2D eigenvalue weighted by molar-refractivity contribution is 5.60. The molecular formula is C20H23N5. The quantitative estimate of drug-likeness (QED) is 0.671. The average molecular weight is 333 g/mol. The summed E-state index contributed by atoms with van der Waals surface area (Å²) in [5.74, 6) is 1.59. The standard InChI is InChI=1S/C20H23N5/c1-14(2)17-11-7-8-12-18(17)23-20-24-19(13-21-25-20)22-15(3)16-9-5-4-6-10-16/h4-15H,1-3H3,(H2,22,23,24,25). The Morgan fingerprint density at radius 2 is 1.60 bits per heavy atom. The Kier molecular flexibility index (Phi) is 5.23. The van der Waals surface area contributed by atoms with E-state index in [1.54, 1.807) is 6.20 Å². The van der Waals surface area contributed by atoms with E-state index in [1.165, 1.54) is 11.1 Å². The number of rotatable bonds is 6. The van der Waals surface area contributed by atoms with Gasteiger partial charge in [0, 0.05) is 11.7 Å². The zero-order valence-electron chi connectivity index (χ0n) is 14.8. The third-order valence-corrected chi connectivity index (χ3v) is 4.05. The number of nitrogens with one attached hydrogen (secondary N) is 2. The normalized spacial score (nSPS) is 12.0. The number of benzene rings is 2. The van der Waals surface area contributed by atoms with Gasteiger partial charge in [-0.3, -0.25) is 0 Å². The van der Waals surface area contributed by atoms with E-state index in [0.29, 0.717) is 17.7 Å². The smallest absolute Gasteiger partial charge is 0.249 e. The lowest BCUT2D eigenvalue weighted by atomic mass is 10.0. The van der Waals surface area contributed by atoms with Crippen LogP contribution in [-0.4, -0.2) is 15.2 Å². The van der Waals surface area contributed by atoms with Crippen LogP contribution in [0.5, 0.6) is 0 Å². The number of hydrogen-bond donors (Lipinski definition) is 2. The van der Waals surface area contributed by atoms with Crippen LogP contribution in [0.25, 0.3) is 0 Å². The first-order valence-corrected chi connectivity index (χ1v) is 8.50. The lowest BCUT2D eigenvalue weighted by Gasteiger charge is -2.16. The molecule has 1 aromatic heterocycles. The summed E-state index contributed by atoms with van der Waals surface area (Å²) in [4.78, 5) is 4.54. The summed E-state index contributed by atoms with van der Waals surface area (Å²) < 4.78 is 0. The molecule has 3 rings (SSSR count). The molecule has 0 spiro atoms. The highest BCUT2D eigenvalue weighted by atomic mass is 15.3. The molecule has 0 bridgehead atoms. The van der Waals surface area contributed by atoms with Gasteiger partial charge in [-0.2, -0.15) is 10.1 Å². The maximum atomic E-state index is 4.54. The van der Waals surface area contributed by atoms with Crippen molar-refractivity contribution in [3.8, 4) is 0 Å². The molecule has 25 heavy (non-hydrogen) atoms.